The molecule has 2 saturated heterocycles. The third-order valence-corrected chi connectivity index (χ3v) is 18.7. The number of aliphatic hydroxyl groups is 1. The van der Waals surface area contributed by atoms with Gasteiger partial charge in [0.2, 0.25) is 41.7 Å². The number of likely N-dealkylation sites (tertiary alicyclic amines) is 1. The molecule has 0 aromatic heterocycles. The predicted octanol–water partition coefficient (Wildman–Crippen LogP) is 6.97. The first kappa shape index (κ1) is 84.6. The Morgan fingerprint density at radius 2 is 1.45 bits per heavy atom. The highest BCUT2D eigenvalue weighted by atomic mass is 16.7. The molecule has 6 N–H and O–H groups in total. The summed E-state index contributed by atoms with van der Waals surface area (Å²) in [5.74, 6) is -7.22. The van der Waals surface area contributed by atoms with E-state index in [1.807, 2.05) is 72.1 Å². The number of esters is 1. The zero-order chi connectivity index (χ0) is 75.0. The van der Waals surface area contributed by atoms with Crippen LogP contribution in [0.2, 0.25) is 0 Å². The van der Waals surface area contributed by atoms with Gasteiger partial charge in [-0.15, -0.1) is 0 Å². The van der Waals surface area contributed by atoms with Crippen molar-refractivity contribution in [1.29, 1.82) is 0 Å². The van der Waals surface area contributed by atoms with E-state index in [-0.39, 0.29) is 90.2 Å². The van der Waals surface area contributed by atoms with Crippen LogP contribution in [0.25, 0.3) is 0 Å². The highest BCUT2D eigenvalue weighted by molar-refractivity contribution is 5.96. The summed E-state index contributed by atoms with van der Waals surface area (Å²) >= 11 is 0. The Balaban J connectivity index is 1.48. The van der Waals surface area contributed by atoms with Crippen LogP contribution in [0.4, 0.5) is 15.3 Å². The molecule has 15 atom stereocenters. The van der Waals surface area contributed by atoms with Crippen molar-refractivity contribution in [2.24, 2.45) is 41.4 Å². The first-order chi connectivity index (χ1) is 46.9. The van der Waals surface area contributed by atoms with Gasteiger partial charge in [-0.2, -0.15) is 5.48 Å². The highest BCUT2D eigenvalue weighted by Crippen LogP contribution is 2.37. The van der Waals surface area contributed by atoms with E-state index in [1.54, 1.807) is 77.4 Å². The lowest BCUT2D eigenvalue weighted by Gasteiger charge is -2.42. The van der Waals surface area contributed by atoms with Crippen LogP contribution in [0.15, 0.2) is 48.5 Å². The third-order valence-electron chi connectivity index (χ3n) is 18.7. The molecule has 4 rings (SSSR count). The summed E-state index contributed by atoms with van der Waals surface area (Å²) in [6.45, 7) is 24.9. The maximum Gasteiger partial charge on any atom is 0.431 e. The van der Waals surface area contributed by atoms with Gasteiger partial charge in [-0.1, -0.05) is 99.1 Å². The minimum atomic E-state index is -1.13. The van der Waals surface area contributed by atoms with E-state index in [0.29, 0.717) is 31.4 Å². The number of benzene rings is 2. The van der Waals surface area contributed by atoms with Gasteiger partial charge in [0.1, 0.15) is 18.0 Å². The zero-order valence-corrected chi connectivity index (χ0v) is 62.0. The Morgan fingerprint density at radius 3 is 2.05 bits per heavy atom. The van der Waals surface area contributed by atoms with E-state index in [1.165, 1.54) is 51.3 Å². The van der Waals surface area contributed by atoms with Gasteiger partial charge in [0.25, 0.3) is 0 Å². The maximum absolute atomic E-state index is 15.0. The fraction of sp³-hybridized carbons (Fsp3) is 0.681. The van der Waals surface area contributed by atoms with E-state index >= 15 is 4.79 Å². The van der Waals surface area contributed by atoms with Crippen LogP contribution in [-0.2, 0) is 83.0 Å². The number of carbonyl (C=O) groups is 11. The molecule has 100 heavy (non-hydrogen) atoms. The lowest BCUT2D eigenvalue weighted by molar-refractivity contribution is -0.243. The molecule has 560 valence electrons. The smallest absolute Gasteiger partial charge is 0.431 e. The number of methoxy groups -OCH3 is 2. The number of rotatable bonds is 37. The molecule has 0 bridgehead atoms. The van der Waals surface area contributed by atoms with Gasteiger partial charge in [-0.3, -0.25) is 48.0 Å². The van der Waals surface area contributed by atoms with Crippen molar-refractivity contribution in [3.63, 3.8) is 0 Å². The molecule has 0 radical (unpaired) electrons. The molecule has 2 unspecified atom stereocenters. The Morgan fingerprint density at radius 1 is 0.790 bits per heavy atom. The number of ketones is 2. The molecule has 2 aromatic rings. The molecule has 2 aliphatic rings. The molecule has 8 amide bonds. The van der Waals surface area contributed by atoms with Crippen molar-refractivity contribution >= 4 is 70.9 Å². The molecule has 2 aliphatic heterocycles. The summed E-state index contributed by atoms with van der Waals surface area (Å²) < 4.78 is 41.5. The van der Waals surface area contributed by atoms with Crippen molar-refractivity contribution in [2.45, 2.75) is 222 Å². The van der Waals surface area contributed by atoms with Gasteiger partial charge in [0, 0.05) is 84.1 Å². The van der Waals surface area contributed by atoms with Gasteiger partial charge in [-0.05, 0) is 94.9 Å². The molecular weight excluding hydrogens is 1300 g/mol. The minimum Gasteiger partial charge on any atom is -0.460 e. The van der Waals surface area contributed by atoms with Crippen molar-refractivity contribution in [3.05, 3.63) is 59.7 Å². The van der Waals surface area contributed by atoms with E-state index in [4.69, 9.17) is 38.0 Å². The molecule has 2 aromatic carbocycles. The number of hydroxylamine groups is 1. The first-order valence-corrected chi connectivity index (χ1v) is 34.6. The van der Waals surface area contributed by atoms with Gasteiger partial charge in [0.05, 0.1) is 74.0 Å². The lowest BCUT2D eigenvalue weighted by atomic mass is 9.83. The standard InChI is InChI=1S/C72H112N8O20/c1-20-42(6)63(57(93-18)35-61(87)80-32-24-27-54(80)65(94-19)45(9)67(89)75-46(10)64(88)49-25-22-21-23-26-49)78(16)68(90)53(40(2)3)34-55(83)62(41(4)5)79(17)71(92)95-38-50-33-51(28-30-56(50)99-69-66(98-48(12)81)44(8)43(7)47(11)97-69)76-59(85)37-74-58(84)31-29-52(82)36-73-60(86)39-96-77-70(91)100-72(13,14)15/h21-23,25-26,28,30,33,40-47,53-54,57,62-66,69,88H,20,24,27,29,31-32,34-39H2,1-19H3,(H,73,86)(H,74,84)(H,75,89)(H,76,85)(H,77,91)/t42-,43-,44-,45+,46+,47?,53-,54-,57+,62-,63-,64+,65+,66?,69-/m0/s1. The second-order valence-corrected chi connectivity index (χ2v) is 28.1. The van der Waals surface area contributed by atoms with Crippen LogP contribution in [0.1, 0.15) is 166 Å². The third kappa shape index (κ3) is 25.4. The van der Waals surface area contributed by atoms with Crippen molar-refractivity contribution in [2.75, 3.05) is 59.9 Å². The Hall–Kier alpha value is -7.79. The largest absolute Gasteiger partial charge is 0.460 e. The van der Waals surface area contributed by atoms with Gasteiger partial charge in [0.15, 0.2) is 24.3 Å². The lowest BCUT2D eigenvalue weighted by Crippen LogP contribution is -2.55. The van der Waals surface area contributed by atoms with E-state index in [0.717, 1.165) is 0 Å². The van der Waals surface area contributed by atoms with Gasteiger partial charge >= 0.3 is 18.2 Å². The van der Waals surface area contributed by atoms with Crippen molar-refractivity contribution in [3.8, 4) is 5.75 Å². The van der Waals surface area contributed by atoms with Crippen LogP contribution in [0, 0.1) is 41.4 Å². The number of likely N-dealkylation sites (N-methyl/N-ethyl adjacent to an activating group) is 2. The zero-order valence-electron chi connectivity index (χ0n) is 62.0. The number of ether oxygens (including phenoxy) is 7. The fourth-order valence-corrected chi connectivity index (χ4v) is 12.6. The number of nitrogens with zero attached hydrogens (tertiary/aromatic N) is 3. The fourth-order valence-electron chi connectivity index (χ4n) is 12.6. The summed E-state index contributed by atoms with van der Waals surface area (Å²) in [5, 5.41) is 21.4. The van der Waals surface area contributed by atoms with E-state index < -0.39 is 152 Å². The Kier molecular flexibility index (Phi) is 33.9. The molecule has 0 spiro atoms. The van der Waals surface area contributed by atoms with Crippen molar-refractivity contribution < 1.29 is 95.8 Å². The quantitative estimate of drug-likeness (QED) is 0.0226. The highest BCUT2D eigenvalue weighted by Gasteiger charge is 2.46. The van der Waals surface area contributed by atoms with Crippen LogP contribution in [0.5, 0.6) is 5.75 Å². The Bertz CT molecular complexity index is 3070. The average molecular weight is 1410 g/mol. The molecule has 2 heterocycles. The van der Waals surface area contributed by atoms with Gasteiger partial charge in [-0.25, -0.2) is 9.59 Å². The first-order valence-electron chi connectivity index (χ1n) is 34.6. The molecule has 0 saturated carbocycles. The number of hydrogen-bond donors (Lipinski definition) is 6. The average Bonchev–Trinajstić information content (AvgIpc) is 1.21. The Labute approximate surface area is 589 Å². The second-order valence-electron chi connectivity index (χ2n) is 28.1. The molecule has 2 fully saturated rings. The molecule has 28 nitrogen and oxygen atoms in total. The number of hydrogen-bond acceptors (Lipinski definition) is 20. The minimum absolute atomic E-state index is 0.0459. The summed E-state index contributed by atoms with van der Waals surface area (Å²) in [6.07, 6.45) is -5.68. The summed E-state index contributed by atoms with van der Waals surface area (Å²) in [6, 6.07) is 10.7. The molecule has 0 aliphatic carbocycles. The van der Waals surface area contributed by atoms with Crippen LogP contribution in [0.3, 0.4) is 0 Å². The summed E-state index contributed by atoms with van der Waals surface area (Å²) in [7, 11) is 6.08. The van der Waals surface area contributed by atoms with Crippen LogP contribution >= 0.6 is 0 Å². The second kappa shape index (κ2) is 40.0. The van der Waals surface area contributed by atoms with Crippen LogP contribution < -0.4 is 31.5 Å². The number of anilines is 1. The number of aliphatic hydroxyl groups excluding tert-OH is 1. The SMILES string of the molecule is CC[C@H](C)[C@@H]([C@@H](CC(=O)N1CCC[C@H]1[C@H](OC)[C@@H](C)C(=O)N[C@H](C)[C@@H](O)c1ccccc1)OC)N(C)C(=O)[C@@H](CC(=O)[C@H](C(C)C)N(C)C(=O)OCc1cc(NC(=O)CNC(=O)CCC(=O)CNC(=O)CONC(=O)OC(C)(C)C)ccc1O[C@@H]1OC(C)[C@@H](C)[C@H](C)C1OC(C)=O)C(C)C. The van der Waals surface area contributed by atoms with E-state index in [2.05, 4.69) is 21.3 Å². The molecular formula is C72H112N8O20. The summed E-state index contributed by atoms with van der Waals surface area (Å²) in [5.41, 5.74) is 2.20. The monoisotopic (exact) mass is 1410 g/mol. The van der Waals surface area contributed by atoms with Crippen molar-refractivity contribution in [1.82, 2.24) is 36.1 Å². The number of amides is 8. The number of nitrogens with one attached hydrogen (secondary N) is 5. The molecule has 28 heteroatoms. The number of carbonyl (C=O) groups excluding carboxylic acids is 11. The van der Waals surface area contributed by atoms with E-state index in [9.17, 15) is 53.1 Å². The predicted molar refractivity (Wildman–Crippen MR) is 369 cm³/mol. The van der Waals surface area contributed by atoms with Crippen LogP contribution in [-0.4, -0.2) is 200 Å². The number of Topliss-reactive ketones (excluding diaryl/α,β-unsaturated/α-hetero) is 2. The maximum atomic E-state index is 15.0. The van der Waals surface area contributed by atoms with Gasteiger partial charge < -0.3 is 74.2 Å². The summed E-state index contributed by atoms with van der Waals surface area (Å²) in [4.78, 5) is 157. The topological polar surface area (TPSA) is 352 Å². The normalized spacial score (nSPS) is 20.4.